The van der Waals surface area contributed by atoms with E-state index in [1.165, 1.54) is 0 Å². The molecule has 17 heavy (non-hydrogen) atoms. The molecular formula is C13H21NO3. The van der Waals surface area contributed by atoms with E-state index in [1.54, 1.807) is 4.90 Å². The van der Waals surface area contributed by atoms with Crippen LogP contribution in [0.5, 0.6) is 0 Å². The van der Waals surface area contributed by atoms with Gasteiger partial charge in [-0.25, -0.2) is 4.79 Å². The van der Waals surface area contributed by atoms with Crippen molar-refractivity contribution in [3.8, 4) is 0 Å². The number of nitrogens with zero attached hydrogens (tertiary/aromatic N) is 1. The molecular weight excluding hydrogens is 218 g/mol. The minimum absolute atomic E-state index is 0.217. The number of hydrogen-bond donors (Lipinski definition) is 0. The van der Waals surface area contributed by atoms with Gasteiger partial charge in [0.1, 0.15) is 11.4 Å². The summed E-state index contributed by atoms with van der Waals surface area (Å²) in [6.07, 6.45) is 1.24. The van der Waals surface area contributed by atoms with Gasteiger partial charge in [0.2, 0.25) is 0 Å². The molecule has 1 saturated heterocycles. The van der Waals surface area contributed by atoms with Crippen LogP contribution < -0.4 is 0 Å². The maximum Gasteiger partial charge on any atom is 0.410 e. The average molecular weight is 239 g/mol. The standard InChI is InChI=1S/C13H21NO3/c1-5-10(15)13-6-9(13)7-14(8-13)11(16)17-12(2,3)4/h9H,5-8H2,1-4H3/t9-,13-/m1/s1. The first-order valence-corrected chi connectivity index (χ1v) is 6.30. The predicted octanol–water partition coefficient (Wildman–Crippen LogP) is 2.22. The first-order chi connectivity index (χ1) is 7.78. The van der Waals surface area contributed by atoms with E-state index in [2.05, 4.69) is 0 Å². The summed E-state index contributed by atoms with van der Waals surface area (Å²) >= 11 is 0. The molecule has 0 aromatic heterocycles. The zero-order valence-corrected chi connectivity index (χ0v) is 11.1. The van der Waals surface area contributed by atoms with Crippen molar-refractivity contribution in [3.63, 3.8) is 0 Å². The molecule has 0 N–H and O–H groups in total. The molecule has 2 atom stereocenters. The Morgan fingerprint density at radius 1 is 1.41 bits per heavy atom. The van der Waals surface area contributed by atoms with Gasteiger partial charge in [-0.3, -0.25) is 4.79 Å². The van der Waals surface area contributed by atoms with Crippen molar-refractivity contribution in [2.75, 3.05) is 13.1 Å². The molecule has 0 spiro atoms. The zero-order chi connectivity index (χ0) is 12.8. The lowest BCUT2D eigenvalue weighted by atomic mass is 9.98. The van der Waals surface area contributed by atoms with Gasteiger partial charge in [0.15, 0.2) is 0 Å². The van der Waals surface area contributed by atoms with Gasteiger partial charge in [-0.05, 0) is 33.1 Å². The molecule has 1 amide bonds. The third kappa shape index (κ3) is 2.17. The van der Waals surface area contributed by atoms with Crippen molar-refractivity contribution in [3.05, 3.63) is 0 Å². The van der Waals surface area contributed by atoms with Gasteiger partial charge in [0.25, 0.3) is 0 Å². The Morgan fingerprint density at radius 2 is 2.06 bits per heavy atom. The second-order valence-electron chi connectivity index (χ2n) is 6.19. The fourth-order valence-corrected chi connectivity index (χ4v) is 2.73. The van der Waals surface area contributed by atoms with E-state index in [0.717, 1.165) is 6.42 Å². The first-order valence-electron chi connectivity index (χ1n) is 6.30. The molecule has 0 bridgehead atoms. The molecule has 1 aliphatic heterocycles. The largest absolute Gasteiger partial charge is 0.444 e. The number of piperidine rings is 1. The third-order valence-corrected chi connectivity index (χ3v) is 3.67. The van der Waals surface area contributed by atoms with Crippen molar-refractivity contribution in [2.45, 2.75) is 46.1 Å². The van der Waals surface area contributed by atoms with Crippen LogP contribution in [0.2, 0.25) is 0 Å². The Balaban J connectivity index is 1.96. The van der Waals surface area contributed by atoms with Crippen molar-refractivity contribution in [2.24, 2.45) is 11.3 Å². The van der Waals surface area contributed by atoms with Crippen molar-refractivity contribution >= 4 is 11.9 Å². The Labute approximate surface area is 102 Å². The lowest BCUT2D eigenvalue weighted by Crippen LogP contribution is -2.38. The Kier molecular flexibility index (Phi) is 2.71. The smallest absolute Gasteiger partial charge is 0.410 e. The van der Waals surface area contributed by atoms with E-state index in [1.807, 2.05) is 27.7 Å². The van der Waals surface area contributed by atoms with E-state index in [0.29, 0.717) is 31.2 Å². The summed E-state index contributed by atoms with van der Waals surface area (Å²) in [6, 6.07) is 0. The lowest BCUT2D eigenvalue weighted by molar-refractivity contribution is -0.123. The molecule has 0 aromatic rings. The summed E-state index contributed by atoms with van der Waals surface area (Å²) in [4.78, 5) is 25.4. The highest BCUT2D eigenvalue weighted by Crippen LogP contribution is 2.58. The predicted molar refractivity (Wildman–Crippen MR) is 63.6 cm³/mol. The number of Topliss-reactive ketones (excluding diaryl/α,β-unsaturated/α-hetero) is 1. The number of hydrogen-bond acceptors (Lipinski definition) is 3. The SMILES string of the molecule is CCC(=O)[C@@]12C[C@@H]1CN(C(=O)OC(C)(C)C)C2. The number of carbonyl (C=O) groups excluding carboxylic acids is 2. The molecule has 0 radical (unpaired) electrons. The van der Waals surface area contributed by atoms with E-state index >= 15 is 0 Å². The monoisotopic (exact) mass is 239 g/mol. The first kappa shape index (κ1) is 12.4. The minimum Gasteiger partial charge on any atom is -0.444 e. The van der Waals surface area contributed by atoms with Crippen LogP contribution >= 0.6 is 0 Å². The third-order valence-electron chi connectivity index (χ3n) is 3.67. The maximum absolute atomic E-state index is 11.9. The summed E-state index contributed by atoms with van der Waals surface area (Å²) in [7, 11) is 0. The molecule has 1 saturated carbocycles. The lowest BCUT2D eigenvalue weighted by Gasteiger charge is -2.26. The molecule has 4 nitrogen and oxygen atoms in total. The summed E-state index contributed by atoms with van der Waals surface area (Å²) in [5.74, 6) is 0.677. The van der Waals surface area contributed by atoms with Gasteiger partial charge in [0.05, 0.1) is 5.41 Å². The van der Waals surface area contributed by atoms with Crippen molar-refractivity contribution in [1.29, 1.82) is 0 Å². The number of carbonyl (C=O) groups is 2. The highest BCUT2D eigenvalue weighted by atomic mass is 16.6. The molecule has 2 fully saturated rings. The summed E-state index contributed by atoms with van der Waals surface area (Å²) < 4.78 is 5.32. The number of amides is 1. The molecule has 0 aromatic carbocycles. The van der Waals surface area contributed by atoms with E-state index < -0.39 is 5.60 Å². The quantitative estimate of drug-likeness (QED) is 0.742. The van der Waals surface area contributed by atoms with Gasteiger partial charge >= 0.3 is 6.09 Å². The average Bonchev–Trinajstić information content (AvgIpc) is 2.78. The molecule has 2 aliphatic rings. The maximum atomic E-state index is 11.9. The number of likely N-dealkylation sites (tertiary alicyclic amines) is 1. The van der Waals surface area contributed by atoms with Crippen LogP contribution in [0.15, 0.2) is 0 Å². The zero-order valence-electron chi connectivity index (χ0n) is 11.1. The van der Waals surface area contributed by atoms with Crippen LogP contribution in [0.25, 0.3) is 0 Å². The minimum atomic E-state index is -0.466. The van der Waals surface area contributed by atoms with Crippen molar-refractivity contribution < 1.29 is 14.3 Å². The van der Waals surface area contributed by atoms with Crippen LogP contribution in [0.4, 0.5) is 4.79 Å². The van der Waals surface area contributed by atoms with E-state index in [-0.39, 0.29) is 11.5 Å². The summed E-state index contributed by atoms with van der Waals surface area (Å²) in [6.45, 7) is 8.69. The second-order valence-corrected chi connectivity index (χ2v) is 6.19. The Bertz CT molecular complexity index is 358. The van der Waals surface area contributed by atoms with Gasteiger partial charge in [-0.2, -0.15) is 0 Å². The highest BCUT2D eigenvalue weighted by molar-refractivity contribution is 5.89. The van der Waals surface area contributed by atoms with Crippen LogP contribution in [-0.2, 0) is 9.53 Å². The highest BCUT2D eigenvalue weighted by Gasteiger charge is 2.64. The number of rotatable bonds is 2. The molecule has 96 valence electrons. The van der Waals surface area contributed by atoms with Crippen LogP contribution in [-0.4, -0.2) is 35.5 Å². The Hall–Kier alpha value is -1.06. The van der Waals surface area contributed by atoms with E-state index in [4.69, 9.17) is 4.74 Å². The second kappa shape index (κ2) is 3.72. The molecule has 1 aliphatic carbocycles. The molecule has 0 unspecified atom stereocenters. The summed E-state index contributed by atoms with van der Waals surface area (Å²) in [5.41, 5.74) is -0.683. The normalized spacial score (nSPS) is 31.1. The van der Waals surface area contributed by atoms with Gasteiger partial charge < -0.3 is 9.64 Å². The Morgan fingerprint density at radius 3 is 2.59 bits per heavy atom. The van der Waals surface area contributed by atoms with Crippen LogP contribution in [0, 0.1) is 11.3 Å². The fraction of sp³-hybridized carbons (Fsp3) is 0.846. The molecule has 2 rings (SSSR count). The van der Waals surface area contributed by atoms with Gasteiger partial charge in [-0.1, -0.05) is 6.92 Å². The van der Waals surface area contributed by atoms with Gasteiger partial charge in [0, 0.05) is 19.5 Å². The topological polar surface area (TPSA) is 46.6 Å². The van der Waals surface area contributed by atoms with Crippen molar-refractivity contribution in [1.82, 2.24) is 4.90 Å². The van der Waals surface area contributed by atoms with Gasteiger partial charge in [-0.15, -0.1) is 0 Å². The molecule has 1 heterocycles. The van der Waals surface area contributed by atoms with E-state index in [9.17, 15) is 9.59 Å². The molecule has 4 heteroatoms. The van der Waals surface area contributed by atoms with Crippen LogP contribution in [0.3, 0.4) is 0 Å². The van der Waals surface area contributed by atoms with Crippen LogP contribution in [0.1, 0.15) is 40.5 Å². The number of fused-ring (bicyclic) bond motifs is 1. The number of ketones is 1. The summed E-state index contributed by atoms with van der Waals surface area (Å²) in [5, 5.41) is 0. The fourth-order valence-electron chi connectivity index (χ4n) is 2.73. The number of ether oxygens (including phenoxy) is 1.